The van der Waals surface area contributed by atoms with Gasteiger partial charge in [0.2, 0.25) is 17.6 Å². The highest BCUT2D eigenvalue weighted by molar-refractivity contribution is 6.27. The van der Waals surface area contributed by atoms with E-state index in [0.29, 0.717) is 64.1 Å². The number of ether oxygens (including phenoxy) is 1. The van der Waals surface area contributed by atoms with E-state index in [1.807, 2.05) is 12.1 Å². The molecular weight excluding hydrogens is 464 g/mol. The Hall–Kier alpha value is -4.07. The molecule has 4 rings (SSSR count). The lowest BCUT2D eigenvalue weighted by Crippen LogP contribution is -2.55. The fraction of sp³-hybridized carbons (Fsp3) is 0.476. The standard InChI is InChI=1S/C19H24N6O4.C2H2O4/c1-2-28-19(27)25-8-6-24(7-9-25)16(26)13-23-11-15(12-23)18-21-17(22-29-18)14-4-3-5-20-10-14;3-1(4)2(5)6/h3-5,10,15H,2,6-9,11-13H2,1H3;(H,3,4)(H,5,6). The minimum absolute atomic E-state index is 0.0773. The summed E-state index contributed by atoms with van der Waals surface area (Å²) in [5, 5.41) is 18.8. The van der Waals surface area contributed by atoms with Crippen molar-refractivity contribution in [1.82, 2.24) is 29.8 Å². The normalized spacial score (nSPS) is 16.0. The van der Waals surface area contributed by atoms with Crippen molar-refractivity contribution in [3.8, 4) is 11.4 Å². The molecule has 0 unspecified atom stereocenters. The van der Waals surface area contributed by atoms with Crippen molar-refractivity contribution in [2.75, 3.05) is 52.4 Å². The highest BCUT2D eigenvalue weighted by atomic mass is 16.6. The molecule has 2 aromatic heterocycles. The molecule has 14 nitrogen and oxygen atoms in total. The number of carbonyl (C=O) groups excluding carboxylic acids is 2. The number of likely N-dealkylation sites (tertiary alicyclic amines) is 1. The highest BCUT2D eigenvalue weighted by Gasteiger charge is 2.35. The van der Waals surface area contributed by atoms with Gasteiger partial charge < -0.3 is 29.3 Å². The Morgan fingerprint density at radius 3 is 2.31 bits per heavy atom. The SMILES string of the molecule is CCOC(=O)N1CCN(C(=O)CN2CC(c3nc(-c4cccnc4)no3)C2)CC1.O=C(O)C(=O)O. The first-order chi connectivity index (χ1) is 16.8. The molecule has 14 heteroatoms. The van der Waals surface area contributed by atoms with Gasteiger partial charge in [0, 0.05) is 57.2 Å². The van der Waals surface area contributed by atoms with Gasteiger partial charge in [0.25, 0.3) is 0 Å². The van der Waals surface area contributed by atoms with Crippen LogP contribution in [0.5, 0.6) is 0 Å². The van der Waals surface area contributed by atoms with E-state index >= 15 is 0 Å². The largest absolute Gasteiger partial charge is 0.473 e. The minimum atomic E-state index is -1.82. The van der Waals surface area contributed by atoms with Gasteiger partial charge in [0.15, 0.2) is 0 Å². The molecule has 2 saturated heterocycles. The summed E-state index contributed by atoms with van der Waals surface area (Å²) in [4.78, 5) is 56.5. The quantitative estimate of drug-likeness (QED) is 0.536. The summed E-state index contributed by atoms with van der Waals surface area (Å²) >= 11 is 0. The van der Waals surface area contributed by atoms with E-state index in [1.165, 1.54) is 0 Å². The average Bonchev–Trinajstić information content (AvgIpc) is 3.32. The molecule has 0 aromatic carbocycles. The van der Waals surface area contributed by atoms with Crippen LogP contribution in [0.2, 0.25) is 0 Å². The topological polar surface area (TPSA) is 179 Å². The zero-order chi connectivity index (χ0) is 25.4. The Kier molecular flexibility index (Phi) is 8.67. The molecule has 2 amide bonds. The number of nitrogens with zero attached hydrogens (tertiary/aromatic N) is 6. The van der Waals surface area contributed by atoms with Gasteiger partial charge in [0.05, 0.1) is 19.1 Å². The molecule has 0 radical (unpaired) electrons. The van der Waals surface area contributed by atoms with Crippen molar-refractivity contribution in [2.24, 2.45) is 0 Å². The second-order valence-corrected chi connectivity index (χ2v) is 7.77. The fourth-order valence-corrected chi connectivity index (χ4v) is 3.51. The monoisotopic (exact) mass is 490 g/mol. The zero-order valence-electron chi connectivity index (χ0n) is 19.1. The second-order valence-electron chi connectivity index (χ2n) is 7.77. The Morgan fingerprint density at radius 2 is 1.74 bits per heavy atom. The molecule has 2 fully saturated rings. The first kappa shape index (κ1) is 25.6. The predicted octanol–water partition coefficient (Wildman–Crippen LogP) is -0.0129. The van der Waals surface area contributed by atoms with Crippen molar-refractivity contribution >= 4 is 23.9 Å². The van der Waals surface area contributed by atoms with Crippen LogP contribution in [0.25, 0.3) is 11.4 Å². The van der Waals surface area contributed by atoms with E-state index in [4.69, 9.17) is 29.1 Å². The maximum Gasteiger partial charge on any atom is 0.414 e. The van der Waals surface area contributed by atoms with Gasteiger partial charge in [-0.2, -0.15) is 4.98 Å². The summed E-state index contributed by atoms with van der Waals surface area (Å²) in [6.45, 7) is 6.01. The molecule has 188 valence electrons. The minimum Gasteiger partial charge on any atom is -0.473 e. The van der Waals surface area contributed by atoms with Gasteiger partial charge >= 0.3 is 18.0 Å². The third-order valence-electron chi connectivity index (χ3n) is 5.37. The van der Waals surface area contributed by atoms with Gasteiger partial charge in [-0.15, -0.1) is 0 Å². The summed E-state index contributed by atoms with van der Waals surface area (Å²) < 4.78 is 10.4. The van der Waals surface area contributed by atoms with E-state index in [1.54, 1.807) is 29.1 Å². The lowest BCUT2D eigenvalue weighted by molar-refractivity contribution is -0.159. The third kappa shape index (κ3) is 6.96. The average molecular weight is 490 g/mol. The Labute approximate surface area is 200 Å². The van der Waals surface area contributed by atoms with Crippen molar-refractivity contribution in [1.29, 1.82) is 0 Å². The van der Waals surface area contributed by atoms with E-state index in [9.17, 15) is 9.59 Å². The first-order valence-corrected chi connectivity index (χ1v) is 10.9. The molecule has 0 saturated carbocycles. The van der Waals surface area contributed by atoms with Gasteiger partial charge in [0.1, 0.15) is 0 Å². The van der Waals surface area contributed by atoms with Crippen molar-refractivity contribution in [3.05, 3.63) is 30.4 Å². The number of hydrogen-bond donors (Lipinski definition) is 2. The summed E-state index contributed by atoms with van der Waals surface area (Å²) in [6.07, 6.45) is 3.08. The number of hydrogen-bond acceptors (Lipinski definition) is 10. The number of carbonyl (C=O) groups is 4. The molecule has 2 aliphatic rings. The van der Waals surface area contributed by atoms with Gasteiger partial charge in [-0.25, -0.2) is 14.4 Å². The molecule has 0 spiro atoms. The van der Waals surface area contributed by atoms with E-state index < -0.39 is 11.9 Å². The summed E-state index contributed by atoms with van der Waals surface area (Å²) in [5.41, 5.74) is 0.816. The molecule has 0 bridgehead atoms. The Balaban J connectivity index is 0.000000509. The third-order valence-corrected chi connectivity index (χ3v) is 5.37. The maximum atomic E-state index is 12.5. The number of amides is 2. The second kappa shape index (κ2) is 11.9. The predicted molar refractivity (Wildman–Crippen MR) is 117 cm³/mol. The van der Waals surface area contributed by atoms with Crippen LogP contribution in [-0.4, -0.2) is 116 Å². The number of piperazine rings is 1. The first-order valence-electron chi connectivity index (χ1n) is 10.9. The van der Waals surface area contributed by atoms with Crippen LogP contribution in [0.4, 0.5) is 4.79 Å². The number of aromatic nitrogens is 3. The van der Waals surface area contributed by atoms with Crippen LogP contribution in [0, 0.1) is 0 Å². The van der Waals surface area contributed by atoms with Gasteiger partial charge in [-0.1, -0.05) is 5.16 Å². The molecule has 35 heavy (non-hydrogen) atoms. The Morgan fingerprint density at radius 1 is 1.09 bits per heavy atom. The number of carboxylic acids is 2. The molecule has 2 N–H and O–H groups in total. The number of aliphatic carboxylic acids is 2. The molecule has 4 heterocycles. The van der Waals surface area contributed by atoms with Crippen LogP contribution in [0.15, 0.2) is 29.0 Å². The lowest BCUT2D eigenvalue weighted by Gasteiger charge is -2.39. The summed E-state index contributed by atoms with van der Waals surface area (Å²) in [6, 6.07) is 3.71. The smallest absolute Gasteiger partial charge is 0.414 e. The fourth-order valence-electron chi connectivity index (χ4n) is 3.51. The van der Waals surface area contributed by atoms with Crippen LogP contribution in [0.3, 0.4) is 0 Å². The van der Waals surface area contributed by atoms with Crippen molar-refractivity contribution < 1.29 is 38.7 Å². The zero-order valence-corrected chi connectivity index (χ0v) is 19.1. The number of pyridine rings is 1. The van der Waals surface area contributed by atoms with Crippen LogP contribution in [0.1, 0.15) is 18.7 Å². The maximum absolute atomic E-state index is 12.5. The lowest BCUT2D eigenvalue weighted by atomic mass is 10.00. The van der Waals surface area contributed by atoms with Gasteiger partial charge in [-0.05, 0) is 19.1 Å². The Bertz CT molecular complexity index is 1020. The van der Waals surface area contributed by atoms with Crippen molar-refractivity contribution in [2.45, 2.75) is 12.8 Å². The van der Waals surface area contributed by atoms with E-state index in [0.717, 1.165) is 5.56 Å². The molecule has 0 atom stereocenters. The number of rotatable bonds is 5. The summed E-state index contributed by atoms with van der Waals surface area (Å²) in [5.74, 6) is -2.31. The number of carboxylic acid groups (broad SMARTS) is 2. The molecule has 0 aliphatic carbocycles. The van der Waals surface area contributed by atoms with Crippen LogP contribution >= 0.6 is 0 Å². The van der Waals surface area contributed by atoms with Crippen LogP contribution < -0.4 is 0 Å². The van der Waals surface area contributed by atoms with Crippen molar-refractivity contribution in [3.63, 3.8) is 0 Å². The highest BCUT2D eigenvalue weighted by Crippen LogP contribution is 2.27. The van der Waals surface area contributed by atoms with Gasteiger partial charge in [-0.3, -0.25) is 14.7 Å². The van der Waals surface area contributed by atoms with E-state index in [2.05, 4.69) is 20.0 Å². The molecular formula is C21H26N6O8. The van der Waals surface area contributed by atoms with Crippen LogP contribution in [-0.2, 0) is 19.1 Å². The summed E-state index contributed by atoms with van der Waals surface area (Å²) in [7, 11) is 0. The molecule has 2 aromatic rings. The van der Waals surface area contributed by atoms with E-state index in [-0.39, 0.29) is 17.9 Å². The molecule has 2 aliphatic heterocycles.